The number of hydrogen-bond acceptors (Lipinski definition) is 3. The highest BCUT2D eigenvalue weighted by Gasteiger charge is 2.52. The number of aromatic nitrogens is 2. The van der Waals surface area contributed by atoms with E-state index in [-0.39, 0.29) is 49.1 Å². The molecule has 2 heterocycles. The van der Waals surface area contributed by atoms with Gasteiger partial charge in [-0.1, -0.05) is 104 Å². The Morgan fingerprint density at radius 2 is 1.27 bits per heavy atom. The van der Waals surface area contributed by atoms with Crippen LogP contribution < -0.4 is 5.32 Å². The fourth-order valence-corrected chi connectivity index (χ4v) is 6.61. The minimum Gasteiger partial charge on any atom is -0.342 e. The molecule has 1 unspecified atom stereocenters. The number of aromatic amines is 1. The largest absolute Gasteiger partial charge is 0.342 e. The van der Waals surface area contributed by atoms with Gasteiger partial charge in [0.25, 0.3) is 0 Å². The maximum Gasteiger partial charge on any atom is 0.137 e. The summed E-state index contributed by atoms with van der Waals surface area (Å²) in [4.78, 5) is 11.6. The molecule has 0 bridgehead atoms. The minimum atomic E-state index is -0.508. The first-order chi connectivity index (χ1) is 17.9. The second kappa shape index (κ2) is 14.9. The maximum absolute atomic E-state index is 7.00. The van der Waals surface area contributed by atoms with E-state index in [1.54, 1.807) is 0 Å². The molecule has 9 heteroatoms. The molecule has 40 heavy (non-hydrogen) atoms. The van der Waals surface area contributed by atoms with Crippen molar-refractivity contribution in [1.82, 2.24) is 20.2 Å². The van der Waals surface area contributed by atoms with E-state index in [0.717, 1.165) is 70.1 Å². The number of halogens is 5. The summed E-state index contributed by atoms with van der Waals surface area (Å²) in [6.07, 6.45) is 0. The molecular formula is C31H37Cl5N4. The number of nitrogens with zero attached hydrogens (tertiary/aromatic N) is 2. The Labute approximate surface area is 266 Å². The number of piperazine rings is 1. The molecule has 0 amide bonds. The zero-order valence-corrected chi connectivity index (χ0v) is 26.8. The topological polar surface area (TPSA) is 44.0 Å². The molecule has 1 aliphatic heterocycles. The van der Waals surface area contributed by atoms with Gasteiger partial charge in [0, 0.05) is 53.4 Å². The molecule has 0 saturated carbocycles. The van der Waals surface area contributed by atoms with Gasteiger partial charge in [0.2, 0.25) is 0 Å². The van der Waals surface area contributed by atoms with Gasteiger partial charge in [0.05, 0.1) is 11.2 Å². The van der Waals surface area contributed by atoms with Gasteiger partial charge in [0.15, 0.2) is 0 Å². The Kier molecular flexibility index (Phi) is 12.9. The number of H-pyrrole nitrogens is 1. The summed E-state index contributed by atoms with van der Waals surface area (Å²) in [5.41, 5.74) is 4.80. The van der Waals surface area contributed by atoms with E-state index in [9.17, 15) is 0 Å². The highest BCUT2D eigenvalue weighted by molar-refractivity contribution is 6.32. The first kappa shape index (κ1) is 34.4. The molecule has 216 valence electrons. The molecule has 3 aromatic carbocycles. The molecule has 2 N–H and O–H groups in total. The van der Waals surface area contributed by atoms with Gasteiger partial charge in [0.1, 0.15) is 5.82 Å². The highest BCUT2D eigenvalue weighted by Crippen LogP contribution is 2.53. The van der Waals surface area contributed by atoms with E-state index in [4.69, 9.17) is 28.2 Å². The summed E-state index contributed by atoms with van der Waals surface area (Å²) in [5, 5.41) is 5.02. The molecule has 0 aliphatic carbocycles. The van der Waals surface area contributed by atoms with E-state index >= 15 is 0 Å². The number of aryl methyl sites for hydroxylation is 1. The van der Waals surface area contributed by atoms with Crippen molar-refractivity contribution in [3.05, 3.63) is 111 Å². The maximum atomic E-state index is 7.00. The summed E-state index contributed by atoms with van der Waals surface area (Å²) in [5.74, 6) is 0.928. The molecule has 1 saturated heterocycles. The van der Waals surface area contributed by atoms with E-state index < -0.39 is 5.54 Å². The van der Waals surface area contributed by atoms with Crippen molar-refractivity contribution in [3.63, 3.8) is 0 Å². The Morgan fingerprint density at radius 3 is 1.77 bits per heavy atom. The van der Waals surface area contributed by atoms with Crippen LogP contribution in [0, 0.1) is 12.8 Å². The third-order valence-corrected chi connectivity index (χ3v) is 8.39. The number of rotatable bonds is 7. The monoisotopic (exact) mass is 640 g/mol. The third-order valence-electron chi connectivity index (χ3n) is 7.70. The predicted octanol–water partition coefficient (Wildman–Crippen LogP) is 8.55. The van der Waals surface area contributed by atoms with Crippen molar-refractivity contribution < 1.29 is 0 Å². The van der Waals surface area contributed by atoms with Crippen LogP contribution in [0.3, 0.4) is 0 Å². The summed E-state index contributed by atoms with van der Waals surface area (Å²) >= 11 is 14.0. The average Bonchev–Trinajstić information content (AvgIpc) is 3.31. The predicted molar refractivity (Wildman–Crippen MR) is 176 cm³/mol. The van der Waals surface area contributed by atoms with E-state index in [2.05, 4.69) is 84.5 Å². The molecule has 1 fully saturated rings. The molecule has 1 aliphatic rings. The normalized spacial score (nSPS) is 15.1. The van der Waals surface area contributed by atoms with Crippen LogP contribution in [0.4, 0.5) is 0 Å². The summed E-state index contributed by atoms with van der Waals surface area (Å²) < 4.78 is 0. The van der Waals surface area contributed by atoms with Crippen molar-refractivity contribution in [2.45, 2.75) is 32.2 Å². The van der Waals surface area contributed by atoms with Gasteiger partial charge in [-0.25, -0.2) is 4.98 Å². The average molecular weight is 643 g/mol. The minimum absolute atomic E-state index is 0. The van der Waals surface area contributed by atoms with Crippen molar-refractivity contribution >= 4 is 60.4 Å². The quantitative estimate of drug-likeness (QED) is 0.212. The number of benzene rings is 3. The van der Waals surface area contributed by atoms with Crippen molar-refractivity contribution in [3.8, 4) is 11.4 Å². The molecular weight excluding hydrogens is 606 g/mol. The Morgan fingerprint density at radius 1 is 0.775 bits per heavy atom. The highest BCUT2D eigenvalue weighted by atomic mass is 35.5. The van der Waals surface area contributed by atoms with Crippen molar-refractivity contribution in [2.24, 2.45) is 5.92 Å². The Hall–Kier alpha value is -1.76. The number of nitrogens with one attached hydrogen (secondary N) is 2. The van der Waals surface area contributed by atoms with Gasteiger partial charge >= 0.3 is 0 Å². The molecule has 4 nitrogen and oxygen atoms in total. The van der Waals surface area contributed by atoms with Crippen LogP contribution in [0.15, 0.2) is 78.9 Å². The van der Waals surface area contributed by atoms with Crippen molar-refractivity contribution in [1.29, 1.82) is 0 Å². The van der Waals surface area contributed by atoms with Gasteiger partial charge in [-0.2, -0.15) is 0 Å². The fourth-order valence-electron chi connectivity index (χ4n) is 6.12. The smallest absolute Gasteiger partial charge is 0.137 e. The molecule has 5 rings (SSSR count). The Balaban J connectivity index is 0.00000187. The van der Waals surface area contributed by atoms with Crippen LogP contribution in [0.2, 0.25) is 10.0 Å². The first-order valence-corrected chi connectivity index (χ1v) is 13.8. The lowest BCUT2D eigenvalue weighted by molar-refractivity contribution is 0.0109. The van der Waals surface area contributed by atoms with Crippen LogP contribution >= 0.6 is 60.4 Å². The van der Waals surface area contributed by atoms with Crippen LogP contribution in [0.25, 0.3) is 11.4 Å². The lowest BCUT2D eigenvalue weighted by Gasteiger charge is -2.53. The van der Waals surface area contributed by atoms with Gasteiger partial charge in [-0.3, -0.25) is 4.90 Å². The van der Waals surface area contributed by atoms with E-state index in [0.29, 0.717) is 0 Å². The van der Waals surface area contributed by atoms with Gasteiger partial charge in [-0.05, 0) is 36.1 Å². The zero-order valence-electron chi connectivity index (χ0n) is 22.9. The van der Waals surface area contributed by atoms with Crippen LogP contribution in [0.5, 0.6) is 0 Å². The number of imidazole rings is 1. The molecule has 4 aromatic rings. The van der Waals surface area contributed by atoms with Gasteiger partial charge in [-0.15, -0.1) is 37.2 Å². The van der Waals surface area contributed by atoms with Crippen LogP contribution in [0.1, 0.15) is 42.3 Å². The zero-order chi connectivity index (χ0) is 26.0. The number of hydrogen-bond donors (Lipinski definition) is 2. The summed E-state index contributed by atoms with van der Waals surface area (Å²) in [6, 6.07) is 26.7. The second-order valence-corrected chi connectivity index (χ2v) is 10.9. The SMILES string of the molecule is Cc1[nH]c(-c2ccccc2)nc1C(C(C)C)(C(c1ccccc1Cl)c1ccccc1Cl)N1CCNCC1.Cl.Cl.Cl. The summed E-state index contributed by atoms with van der Waals surface area (Å²) in [7, 11) is 0. The van der Waals surface area contributed by atoms with E-state index in [1.807, 2.05) is 30.3 Å². The second-order valence-electron chi connectivity index (χ2n) is 10.1. The summed E-state index contributed by atoms with van der Waals surface area (Å²) in [6.45, 7) is 10.4. The van der Waals surface area contributed by atoms with Crippen molar-refractivity contribution in [2.75, 3.05) is 26.2 Å². The van der Waals surface area contributed by atoms with E-state index in [1.165, 1.54) is 0 Å². The van der Waals surface area contributed by atoms with Gasteiger partial charge < -0.3 is 10.3 Å². The molecule has 1 aromatic heterocycles. The third kappa shape index (κ3) is 6.34. The first-order valence-electron chi connectivity index (χ1n) is 13.0. The molecule has 1 atom stereocenters. The van der Waals surface area contributed by atoms with Crippen LogP contribution in [-0.2, 0) is 5.54 Å². The fraction of sp³-hybridized carbons (Fsp3) is 0.323. The molecule has 0 radical (unpaired) electrons. The lowest BCUT2D eigenvalue weighted by Crippen LogP contribution is -2.60. The Bertz CT molecular complexity index is 1310. The standard InChI is InChI=1S/C31H34Cl2N4.3ClH/c1-21(2)31(37-19-17-34-18-20-37,29-22(3)35-30(36-29)23-11-5-4-6-12-23)28(24-13-7-9-15-26(24)32)25-14-8-10-16-27(25)33;;;/h4-16,21,28,34H,17-20H2,1-3H3,(H,35,36);3*1H. The molecule has 0 spiro atoms. The lowest BCUT2D eigenvalue weighted by atomic mass is 9.65. The van der Waals surface area contributed by atoms with Crippen LogP contribution in [-0.4, -0.2) is 41.0 Å².